The summed E-state index contributed by atoms with van der Waals surface area (Å²) in [6.45, 7) is 0. The highest BCUT2D eigenvalue weighted by Crippen LogP contribution is 2.32. The van der Waals surface area contributed by atoms with Crippen molar-refractivity contribution >= 4 is 5.57 Å². The Bertz CT molecular complexity index is 1140. The smallest absolute Gasteiger partial charge is 0.00528 e. The van der Waals surface area contributed by atoms with E-state index >= 15 is 0 Å². The highest BCUT2D eigenvalue weighted by molar-refractivity contribution is 5.79. The molecular formula is C30H26. The summed E-state index contributed by atoms with van der Waals surface area (Å²) in [5, 5.41) is 0. The molecule has 0 saturated heterocycles. The minimum absolute atomic E-state index is 0.527. The van der Waals surface area contributed by atoms with Crippen LogP contribution in [0.1, 0.15) is 24.8 Å². The maximum absolute atomic E-state index is 2.40. The van der Waals surface area contributed by atoms with Gasteiger partial charge in [-0.3, -0.25) is 0 Å². The minimum Gasteiger partial charge on any atom is -0.0839 e. The van der Waals surface area contributed by atoms with Gasteiger partial charge in [0.2, 0.25) is 0 Å². The largest absolute Gasteiger partial charge is 0.0839 e. The molecule has 0 aromatic heterocycles. The second-order valence-corrected chi connectivity index (χ2v) is 8.07. The van der Waals surface area contributed by atoms with E-state index in [0.29, 0.717) is 5.92 Å². The van der Waals surface area contributed by atoms with E-state index in [1.807, 2.05) is 0 Å². The number of allylic oxidation sites excluding steroid dienone is 8. The van der Waals surface area contributed by atoms with Gasteiger partial charge < -0.3 is 0 Å². The lowest BCUT2D eigenvalue weighted by Gasteiger charge is -2.19. The van der Waals surface area contributed by atoms with E-state index < -0.39 is 0 Å². The molecule has 0 fully saturated rings. The van der Waals surface area contributed by atoms with Crippen molar-refractivity contribution in [3.05, 3.63) is 126 Å². The molecule has 2 aliphatic rings. The Kier molecular flexibility index (Phi) is 5.31. The van der Waals surface area contributed by atoms with E-state index in [9.17, 15) is 0 Å². The van der Waals surface area contributed by atoms with Crippen molar-refractivity contribution in [2.45, 2.75) is 19.3 Å². The molecule has 0 amide bonds. The van der Waals surface area contributed by atoms with Gasteiger partial charge in [0.05, 0.1) is 0 Å². The topological polar surface area (TPSA) is 0 Å². The van der Waals surface area contributed by atoms with Crippen molar-refractivity contribution in [3.8, 4) is 22.3 Å². The fourth-order valence-electron chi connectivity index (χ4n) is 4.35. The fourth-order valence-corrected chi connectivity index (χ4v) is 4.35. The Hall–Kier alpha value is -3.38. The standard InChI is InChI=1S/C30H26/c1-3-8-23(9-4-1)25-14-18-27(19-15-25)29-12-7-13-30(22-29)28-20-16-26(17-21-28)24-10-5-2-6-11-24/h1,3-5,7-16,18-22,26H,2,6,17H2/t26-/m1/s1. The van der Waals surface area contributed by atoms with E-state index in [4.69, 9.17) is 0 Å². The van der Waals surface area contributed by atoms with Crippen molar-refractivity contribution in [3.63, 3.8) is 0 Å². The van der Waals surface area contributed by atoms with E-state index in [1.54, 1.807) is 0 Å². The van der Waals surface area contributed by atoms with E-state index in [0.717, 1.165) is 6.42 Å². The SMILES string of the molecule is C1=CC([C@@H]2C=CC(c3cccc(-c4ccc(-c5ccccc5)cc4)c3)=CC2)=CCC1. The summed E-state index contributed by atoms with van der Waals surface area (Å²) in [7, 11) is 0. The zero-order valence-electron chi connectivity index (χ0n) is 17.2. The molecule has 1 atom stereocenters. The van der Waals surface area contributed by atoms with Gasteiger partial charge in [0.15, 0.2) is 0 Å². The summed E-state index contributed by atoms with van der Waals surface area (Å²) < 4.78 is 0. The molecule has 0 saturated carbocycles. The van der Waals surface area contributed by atoms with Gasteiger partial charge in [-0.2, -0.15) is 0 Å². The van der Waals surface area contributed by atoms with Crippen LogP contribution in [0.4, 0.5) is 0 Å². The molecule has 0 N–H and O–H groups in total. The molecule has 0 nitrogen and oxygen atoms in total. The van der Waals surface area contributed by atoms with Crippen molar-refractivity contribution in [2.24, 2.45) is 5.92 Å². The third-order valence-electron chi connectivity index (χ3n) is 6.07. The summed E-state index contributed by atoms with van der Waals surface area (Å²) in [5.41, 5.74) is 9.13. The average molecular weight is 387 g/mol. The van der Waals surface area contributed by atoms with Gasteiger partial charge >= 0.3 is 0 Å². The highest BCUT2D eigenvalue weighted by atomic mass is 14.2. The number of hydrogen-bond donors (Lipinski definition) is 0. The van der Waals surface area contributed by atoms with Crippen molar-refractivity contribution in [1.29, 1.82) is 0 Å². The van der Waals surface area contributed by atoms with Crippen molar-refractivity contribution < 1.29 is 0 Å². The molecule has 0 aliphatic heterocycles. The lowest BCUT2D eigenvalue weighted by molar-refractivity contribution is 0.773. The summed E-state index contributed by atoms with van der Waals surface area (Å²) in [5.74, 6) is 0.527. The van der Waals surface area contributed by atoms with Crippen LogP contribution in [0.2, 0.25) is 0 Å². The molecule has 5 rings (SSSR count). The molecule has 3 aromatic carbocycles. The lowest BCUT2D eigenvalue weighted by atomic mass is 9.85. The van der Waals surface area contributed by atoms with Gasteiger partial charge in [0.25, 0.3) is 0 Å². The Labute approximate surface area is 179 Å². The molecule has 0 spiro atoms. The predicted molar refractivity (Wildman–Crippen MR) is 129 cm³/mol. The third-order valence-corrected chi connectivity index (χ3v) is 6.07. The second kappa shape index (κ2) is 8.55. The van der Waals surface area contributed by atoms with Crippen LogP contribution in [0.15, 0.2) is 121 Å². The monoisotopic (exact) mass is 386 g/mol. The zero-order chi connectivity index (χ0) is 20.2. The van der Waals surface area contributed by atoms with E-state index in [1.165, 1.54) is 51.8 Å². The molecule has 0 heterocycles. The first kappa shape index (κ1) is 18.6. The first-order chi connectivity index (χ1) is 14.9. The van der Waals surface area contributed by atoms with Crippen LogP contribution in [0.25, 0.3) is 27.8 Å². The van der Waals surface area contributed by atoms with Gasteiger partial charge in [-0.1, -0.05) is 109 Å². The lowest BCUT2D eigenvalue weighted by Crippen LogP contribution is -2.03. The van der Waals surface area contributed by atoms with Crippen LogP contribution in [-0.4, -0.2) is 0 Å². The summed E-state index contributed by atoms with van der Waals surface area (Å²) in [6.07, 6.45) is 17.5. The van der Waals surface area contributed by atoms with Crippen LogP contribution < -0.4 is 0 Å². The Morgan fingerprint density at radius 3 is 1.97 bits per heavy atom. The van der Waals surface area contributed by atoms with E-state index in [2.05, 4.69) is 115 Å². The number of hydrogen-bond acceptors (Lipinski definition) is 0. The summed E-state index contributed by atoms with van der Waals surface area (Å²) >= 11 is 0. The van der Waals surface area contributed by atoms with Gasteiger partial charge in [0.1, 0.15) is 0 Å². The Morgan fingerprint density at radius 2 is 1.27 bits per heavy atom. The Morgan fingerprint density at radius 1 is 0.567 bits per heavy atom. The molecule has 0 unspecified atom stereocenters. The molecule has 0 bridgehead atoms. The van der Waals surface area contributed by atoms with Gasteiger partial charge in [0, 0.05) is 5.92 Å². The van der Waals surface area contributed by atoms with Gasteiger partial charge in [-0.15, -0.1) is 0 Å². The molecule has 30 heavy (non-hydrogen) atoms. The van der Waals surface area contributed by atoms with Crippen LogP contribution in [0.5, 0.6) is 0 Å². The minimum atomic E-state index is 0.527. The van der Waals surface area contributed by atoms with Crippen LogP contribution in [0, 0.1) is 5.92 Å². The highest BCUT2D eigenvalue weighted by Gasteiger charge is 2.14. The molecular weight excluding hydrogens is 360 g/mol. The quantitative estimate of drug-likeness (QED) is 0.423. The fraction of sp³-hybridized carbons (Fsp3) is 0.133. The predicted octanol–water partition coefficient (Wildman–Crippen LogP) is 8.26. The first-order valence-corrected chi connectivity index (χ1v) is 10.9. The molecule has 2 aliphatic carbocycles. The second-order valence-electron chi connectivity index (χ2n) is 8.07. The molecule has 3 aromatic rings. The van der Waals surface area contributed by atoms with Gasteiger partial charge in [-0.25, -0.2) is 0 Å². The van der Waals surface area contributed by atoms with Gasteiger partial charge in [-0.05, 0) is 64.3 Å². The average Bonchev–Trinajstić information content (AvgIpc) is 2.85. The maximum atomic E-state index is 2.40. The molecule has 0 heteroatoms. The van der Waals surface area contributed by atoms with Crippen LogP contribution >= 0.6 is 0 Å². The molecule has 0 radical (unpaired) electrons. The van der Waals surface area contributed by atoms with Crippen molar-refractivity contribution in [1.82, 2.24) is 0 Å². The third kappa shape index (κ3) is 4.00. The number of rotatable bonds is 4. The Balaban J connectivity index is 1.35. The number of benzene rings is 3. The normalized spacial score (nSPS) is 18.1. The summed E-state index contributed by atoms with van der Waals surface area (Å²) in [6, 6.07) is 28.3. The van der Waals surface area contributed by atoms with Crippen molar-refractivity contribution in [2.75, 3.05) is 0 Å². The first-order valence-electron chi connectivity index (χ1n) is 10.9. The van der Waals surface area contributed by atoms with Crippen LogP contribution in [0.3, 0.4) is 0 Å². The zero-order valence-corrected chi connectivity index (χ0v) is 17.2. The van der Waals surface area contributed by atoms with Crippen LogP contribution in [-0.2, 0) is 0 Å². The summed E-state index contributed by atoms with van der Waals surface area (Å²) in [4.78, 5) is 0. The van der Waals surface area contributed by atoms with E-state index in [-0.39, 0.29) is 0 Å². The maximum Gasteiger partial charge on any atom is 0.00528 e. The molecule has 146 valence electrons.